The normalized spacial score (nSPS) is 12.2. The molecule has 70 valence electrons. The smallest absolute Gasteiger partial charge is 0.322 e. The Morgan fingerprint density at radius 1 is 1.50 bits per heavy atom. The molecule has 0 rings (SSSR count). The summed E-state index contributed by atoms with van der Waals surface area (Å²) in [6, 6.07) is -0.412. The maximum absolute atomic E-state index is 10.8. The Morgan fingerprint density at radius 2 is 2.08 bits per heavy atom. The number of hydrogen-bond acceptors (Lipinski definition) is 4. The van der Waals surface area contributed by atoms with Gasteiger partial charge >= 0.3 is 5.97 Å². The van der Waals surface area contributed by atoms with Crippen LogP contribution in [0.1, 0.15) is 20.3 Å². The van der Waals surface area contributed by atoms with Crippen LogP contribution in [-0.4, -0.2) is 31.4 Å². The quantitative estimate of drug-likeness (QED) is 0.600. The van der Waals surface area contributed by atoms with Gasteiger partial charge < -0.3 is 4.74 Å². The molecule has 0 bridgehead atoms. The zero-order chi connectivity index (χ0) is 9.56. The number of Topliss-reactive ketones (excluding diaryl/α,β-unsaturated/α-hetero) is 1. The number of ether oxygens (including phenoxy) is 1. The second-order valence-corrected chi connectivity index (χ2v) is 2.52. The van der Waals surface area contributed by atoms with Crippen LogP contribution in [0.25, 0.3) is 0 Å². The Hall–Kier alpha value is -0.900. The summed E-state index contributed by atoms with van der Waals surface area (Å²) in [5, 5.41) is 2.76. The maximum Gasteiger partial charge on any atom is 0.322 e. The fraction of sp³-hybridized carbons (Fsp3) is 0.750. The number of rotatable bonds is 5. The lowest BCUT2D eigenvalue weighted by atomic mass is 10.3. The van der Waals surface area contributed by atoms with Crippen molar-refractivity contribution in [1.82, 2.24) is 5.32 Å². The van der Waals surface area contributed by atoms with Crippen LogP contribution in [0.4, 0.5) is 0 Å². The van der Waals surface area contributed by atoms with E-state index >= 15 is 0 Å². The lowest BCUT2D eigenvalue weighted by Crippen LogP contribution is -2.37. The highest BCUT2D eigenvalue weighted by Crippen LogP contribution is 1.86. The van der Waals surface area contributed by atoms with Crippen LogP contribution < -0.4 is 5.32 Å². The summed E-state index contributed by atoms with van der Waals surface area (Å²) in [5.41, 5.74) is 0. The molecule has 0 aromatic heterocycles. The molecule has 0 saturated heterocycles. The van der Waals surface area contributed by atoms with Crippen LogP contribution in [0.3, 0.4) is 0 Å². The molecule has 0 aliphatic carbocycles. The zero-order valence-electron chi connectivity index (χ0n) is 7.72. The van der Waals surface area contributed by atoms with Gasteiger partial charge in [0.05, 0.1) is 13.7 Å². The molecule has 0 radical (unpaired) electrons. The molecule has 0 saturated carbocycles. The molecule has 0 aliphatic heterocycles. The van der Waals surface area contributed by atoms with Gasteiger partial charge in [0.2, 0.25) is 0 Å². The minimum atomic E-state index is -0.412. The van der Waals surface area contributed by atoms with Gasteiger partial charge in [-0.15, -0.1) is 0 Å². The monoisotopic (exact) mass is 173 g/mol. The Bertz CT molecular complexity index is 168. The topological polar surface area (TPSA) is 55.4 Å². The van der Waals surface area contributed by atoms with E-state index in [0.717, 1.165) is 0 Å². The molecule has 1 atom stereocenters. The summed E-state index contributed by atoms with van der Waals surface area (Å²) < 4.78 is 4.47. The van der Waals surface area contributed by atoms with Gasteiger partial charge in [0.15, 0.2) is 0 Å². The van der Waals surface area contributed by atoms with Crippen molar-refractivity contribution in [2.45, 2.75) is 26.3 Å². The lowest BCUT2D eigenvalue weighted by Gasteiger charge is -2.09. The predicted molar refractivity (Wildman–Crippen MR) is 44.8 cm³/mol. The number of methoxy groups -OCH3 is 1. The van der Waals surface area contributed by atoms with E-state index in [4.69, 9.17) is 0 Å². The Labute approximate surface area is 72.3 Å². The molecule has 0 aliphatic rings. The van der Waals surface area contributed by atoms with Crippen LogP contribution >= 0.6 is 0 Å². The van der Waals surface area contributed by atoms with E-state index in [9.17, 15) is 9.59 Å². The molecule has 4 heteroatoms. The summed E-state index contributed by atoms with van der Waals surface area (Å²) in [4.78, 5) is 21.6. The van der Waals surface area contributed by atoms with Crippen molar-refractivity contribution in [3.8, 4) is 0 Å². The Balaban J connectivity index is 3.63. The van der Waals surface area contributed by atoms with Crippen LogP contribution in [0.5, 0.6) is 0 Å². The summed E-state index contributed by atoms with van der Waals surface area (Å²) in [6.07, 6.45) is 0.487. The van der Waals surface area contributed by atoms with Gasteiger partial charge in [-0.05, 0) is 6.92 Å². The van der Waals surface area contributed by atoms with Gasteiger partial charge in [0, 0.05) is 6.42 Å². The van der Waals surface area contributed by atoms with Gasteiger partial charge in [-0.25, -0.2) is 0 Å². The highest BCUT2D eigenvalue weighted by molar-refractivity contribution is 5.81. The molecule has 0 unspecified atom stereocenters. The summed E-state index contributed by atoms with van der Waals surface area (Å²) in [7, 11) is 1.32. The average molecular weight is 173 g/mol. The molecule has 1 N–H and O–H groups in total. The number of nitrogens with one attached hydrogen (secondary N) is 1. The minimum absolute atomic E-state index is 0.0887. The van der Waals surface area contributed by atoms with Crippen LogP contribution in [-0.2, 0) is 14.3 Å². The van der Waals surface area contributed by atoms with Crippen molar-refractivity contribution in [2.75, 3.05) is 13.7 Å². The summed E-state index contributed by atoms with van der Waals surface area (Å²) in [6.45, 7) is 3.67. The number of hydrogen-bond donors (Lipinski definition) is 1. The average Bonchev–Trinajstić information content (AvgIpc) is 2.11. The van der Waals surface area contributed by atoms with Crippen molar-refractivity contribution in [3.63, 3.8) is 0 Å². The van der Waals surface area contributed by atoms with E-state index in [2.05, 4.69) is 10.1 Å². The maximum atomic E-state index is 10.8. The van der Waals surface area contributed by atoms with Gasteiger partial charge in [0.25, 0.3) is 0 Å². The van der Waals surface area contributed by atoms with Crippen molar-refractivity contribution in [1.29, 1.82) is 0 Å². The molecule has 0 aromatic rings. The fourth-order valence-corrected chi connectivity index (χ4v) is 0.652. The van der Waals surface area contributed by atoms with Crippen molar-refractivity contribution in [3.05, 3.63) is 0 Å². The number of carbonyl (C=O) groups excluding carboxylic acids is 2. The van der Waals surface area contributed by atoms with E-state index in [1.165, 1.54) is 7.11 Å². The number of carbonyl (C=O) groups is 2. The highest BCUT2D eigenvalue weighted by atomic mass is 16.5. The van der Waals surface area contributed by atoms with E-state index < -0.39 is 6.04 Å². The molecule has 0 amide bonds. The summed E-state index contributed by atoms with van der Waals surface area (Å²) >= 11 is 0. The first-order valence-corrected chi connectivity index (χ1v) is 3.94. The van der Waals surface area contributed by atoms with Gasteiger partial charge in [-0.1, -0.05) is 6.92 Å². The van der Waals surface area contributed by atoms with Gasteiger partial charge in [-0.2, -0.15) is 0 Å². The minimum Gasteiger partial charge on any atom is -0.468 e. The SMILES string of the molecule is CCC(=O)CN[C@@H](C)C(=O)OC. The first kappa shape index (κ1) is 11.1. The first-order valence-electron chi connectivity index (χ1n) is 3.94. The molecular weight excluding hydrogens is 158 g/mol. The number of ketones is 1. The van der Waals surface area contributed by atoms with Crippen LogP contribution in [0.2, 0.25) is 0 Å². The first-order chi connectivity index (χ1) is 5.61. The molecule has 0 aromatic carbocycles. The standard InChI is InChI=1S/C8H15NO3/c1-4-7(10)5-9-6(2)8(11)12-3/h6,9H,4-5H2,1-3H3/t6-/m0/s1. The summed E-state index contributed by atoms with van der Waals surface area (Å²) in [5.74, 6) is -0.260. The van der Waals surface area contributed by atoms with E-state index in [1.54, 1.807) is 13.8 Å². The van der Waals surface area contributed by atoms with Crippen molar-refractivity contribution >= 4 is 11.8 Å². The zero-order valence-corrected chi connectivity index (χ0v) is 7.72. The Kier molecular flexibility index (Phi) is 5.28. The molecule has 0 fully saturated rings. The molecule has 0 spiro atoms. The van der Waals surface area contributed by atoms with Gasteiger partial charge in [-0.3, -0.25) is 14.9 Å². The van der Waals surface area contributed by atoms with E-state index in [0.29, 0.717) is 6.42 Å². The van der Waals surface area contributed by atoms with Crippen LogP contribution in [0.15, 0.2) is 0 Å². The molecule has 0 heterocycles. The second-order valence-electron chi connectivity index (χ2n) is 2.52. The largest absolute Gasteiger partial charge is 0.468 e. The van der Waals surface area contributed by atoms with Crippen molar-refractivity contribution in [2.24, 2.45) is 0 Å². The third-order valence-electron chi connectivity index (χ3n) is 1.55. The van der Waals surface area contributed by atoms with E-state index in [-0.39, 0.29) is 18.3 Å². The van der Waals surface area contributed by atoms with Crippen molar-refractivity contribution < 1.29 is 14.3 Å². The molecule has 12 heavy (non-hydrogen) atoms. The van der Waals surface area contributed by atoms with Crippen LogP contribution in [0, 0.1) is 0 Å². The lowest BCUT2D eigenvalue weighted by molar-refractivity contribution is -0.142. The van der Waals surface area contributed by atoms with E-state index in [1.807, 2.05) is 0 Å². The Morgan fingerprint density at radius 3 is 2.50 bits per heavy atom. The third-order valence-corrected chi connectivity index (χ3v) is 1.55. The predicted octanol–water partition coefficient (Wildman–Crippen LogP) is 0.117. The third kappa shape index (κ3) is 4.08. The highest BCUT2D eigenvalue weighted by Gasteiger charge is 2.12. The molecular formula is C8H15NO3. The molecule has 4 nitrogen and oxygen atoms in total. The number of esters is 1. The second kappa shape index (κ2) is 5.71. The fourth-order valence-electron chi connectivity index (χ4n) is 0.652. The van der Waals surface area contributed by atoms with Gasteiger partial charge in [0.1, 0.15) is 11.8 Å².